The molecule has 116 valence electrons. The number of nitrogens with one attached hydrogen (secondary N) is 1. The number of carbonyl (C=O) groups excluding carboxylic acids is 1. The Labute approximate surface area is 139 Å². The van der Waals surface area contributed by atoms with Crippen molar-refractivity contribution >= 4 is 22.9 Å². The normalized spacial score (nSPS) is 10.5. The van der Waals surface area contributed by atoms with Gasteiger partial charge in [-0.3, -0.25) is 9.78 Å². The molecule has 0 spiro atoms. The second-order valence-electron chi connectivity index (χ2n) is 5.09. The predicted molar refractivity (Wildman–Crippen MR) is 93.5 cm³/mol. The van der Waals surface area contributed by atoms with Gasteiger partial charge in [-0.25, -0.2) is 4.98 Å². The molecule has 0 fully saturated rings. The molecule has 1 N–H and O–H groups in total. The monoisotopic (exact) mass is 323 g/mol. The Morgan fingerprint density at radius 1 is 1.17 bits per heavy atom. The number of amides is 1. The van der Waals surface area contributed by atoms with Gasteiger partial charge in [0.25, 0.3) is 0 Å². The first-order chi connectivity index (χ1) is 11.3. The van der Waals surface area contributed by atoms with Gasteiger partial charge in [0, 0.05) is 17.3 Å². The average molecular weight is 323 g/mol. The van der Waals surface area contributed by atoms with E-state index >= 15 is 0 Å². The van der Waals surface area contributed by atoms with E-state index in [0.29, 0.717) is 0 Å². The van der Waals surface area contributed by atoms with Gasteiger partial charge in [-0.15, -0.1) is 11.3 Å². The van der Waals surface area contributed by atoms with E-state index in [1.54, 1.807) is 6.20 Å². The van der Waals surface area contributed by atoms with Crippen molar-refractivity contribution in [3.8, 4) is 10.7 Å². The van der Waals surface area contributed by atoms with Crippen molar-refractivity contribution in [1.29, 1.82) is 0 Å². The fourth-order valence-electron chi connectivity index (χ4n) is 2.30. The van der Waals surface area contributed by atoms with Crippen molar-refractivity contribution in [2.24, 2.45) is 0 Å². The van der Waals surface area contributed by atoms with Crippen LogP contribution in [-0.4, -0.2) is 15.9 Å². The maximum atomic E-state index is 12.2. The zero-order valence-corrected chi connectivity index (χ0v) is 13.6. The molecule has 4 nitrogen and oxygen atoms in total. The quantitative estimate of drug-likeness (QED) is 0.773. The third-order valence-electron chi connectivity index (χ3n) is 3.45. The lowest BCUT2D eigenvalue weighted by molar-refractivity contribution is -0.115. The zero-order chi connectivity index (χ0) is 16.1. The van der Waals surface area contributed by atoms with Crippen molar-refractivity contribution in [2.45, 2.75) is 19.8 Å². The third kappa shape index (κ3) is 3.81. The first-order valence-electron chi connectivity index (χ1n) is 7.50. The molecule has 0 aliphatic heterocycles. The first-order valence-corrected chi connectivity index (χ1v) is 8.38. The number of thiazole rings is 1. The van der Waals surface area contributed by atoms with Gasteiger partial charge < -0.3 is 5.32 Å². The van der Waals surface area contributed by atoms with E-state index in [1.165, 1.54) is 11.3 Å². The Morgan fingerprint density at radius 2 is 2.00 bits per heavy atom. The lowest BCUT2D eigenvalue weighted by Crippen LogP contribution is -2.15. The lowest BCUT2D eigenvalue weighted by Gasteiger charge is -2.08. The molecule has 5 heteroatoms. The van der Waals surface area contributed by atoms with Gasteiger partial charge in [-0.05, 0) is 30.2 Å². The molecule has 0 aliphatic rings. The van der Waals surface area contributed by atoms with Crippen LogP contribution in [0.2, 0.25) is 0 Å². The van der Waals surface area contributed by atoms with Crippen molar-refractivity contribution in [3.05, 3.63) is 65.3 Å². The summed E-state index contributed by atoms with van der Waals surface area (Å²) < 4.78 is 0. The molecule has 0 unspecified atom stereocenters. The van der Waals surface area contributed by atoms with Crippen LogP contribution >= 0.6 is 11.3 Å². The molecule has 23 heavy (non-hydrogen) atoms. The zero-order valence-electron chi connectivity index (χ0n) is 12.8. The van der Waals surface area contributed by atoms with Crippen molar-refractivity contribution in [3.63, 3.8) is 0 Å². The van der Waals surface area contributed by atoms with Crippen molar-refractivity contribution in [2.75, 3.05) is 5.32 Å². The highest BCUT2D eigenvalue weighted by molar-refractivity contribution is 7.13. The first kappa shape index (κ1) is 15.4. The van der Waals surface area contributed by atoms with E-state index in [2.05, 4.69) is 22.2 Å². The molecule has 0 saturated carbocycles. The van der Waals surface area contributed by atoms with E-state index < -0.39 is 0 Å². The number of para-hydroxylation sites is 1. The highest BCUT2D eigenvalue weighted by atomic mass is 32.1. The molecular formula is C18H17N3OS. The third-order valence-corrected chi connectivity index (χ3v) is 4.36. The second kappa shape index (κ2) is 7.15. The number of pyridine rings is 1. The van der Waals surface area contributed by atoms with Crippen molar-refractivity contribution < 1.29 is 4.79 Å². The molecule has 0 atom stereocenters. The van der Waals surface area contributed by atoms with E-state index in [9.17, 15) is 4.79 Å². The fraction of sp³-hybridized carbons (Fsp3) is 0.167. The summed E-state index contributed by atoms with van der Waals surface area (Å²) in [5.74, 6) is -0.0521. The highest BCUT2D eigenvalue weighted by Gasteiger charge is 2.11. The van der Waals surface area contributed by atoms with E-state index in [4.69, 9.17) is 0 Å². The Morgan fingerprint density at radius 3 is 2.78 bits per heavy atom. The number of benzene rings is 1. The molecule has 1 aromatic carbocycles. The Hall–Kier alpha value is -2.53. The number of anilines is 1. The van der Waals surface area contributed by atoms with Gasteiger partial charge in [0.2, 0.25) is 5.91 Å². The Balaban J connectivity index is 1.68. The van der Waals surface area contributed by atoms with E-state index in [-0.39, 0.29) is 12.3 Å². The summed E-state index contributed by atoms with van der Waals surface area (Å²) in [6, 6.07) is 13.6. The number of aromatic nitrogens is 2. The van der Waals surface area contributed by atoms with Crippen LogP contribution in [0.1, 0.15) is 18.2 Å². The number of rotatable bonds is 5. The number of nitrogens with zero attached hydrogens (tertiary/aromatic N) is 2. The molecule has 2 heterocycles. The van der Waals surface area contributed by atoms with Gasteiger partial charge in [0.15, 0.2) is 0 Å². The Kier molecular flexibility index (Phi) is 4.78. The van der Waals surface area contributed by atoms with Gasteiger partial charge in [0.1, 0.15) is 5.01 Å². The Bertz CT molecular complexity index is 799. The molecule has 0 radical (unpaired) electrons. The minimum atomic E-state index is -0.0521. The van der Waals surface area contributed by atoms with Crippen LogP contribution in [0.25, 0.3) is 10.7 Å². The van der Waals surface area contributed by atoms with Crippen molar-refractivity contribution in [1.82, 2.24) is 9.97 Å². The summed E-state index contributed by atoms with van der Waals surface area (Å²) in [4.78, 5) is 21.0. The highest BCUT2D eigenvalue weighted by Crippen LogP contribution is 2.22. The van der Waals surface area contributed by atoms with Gasteiger partial charge in [-0.1, -0.05) is 31.2 Å². The predicted octanol–water partition coefficient (Wildman–Crippen LogP) is 3.95. The molecule has 0 saturated heterocycles. The van der Waals surface area contributed by atoms with Crippen LogP contribution in [0.3, 0.4) is 0 Å². The average Bonchev–Trinajstić information content (AvgIpc) is 3.04. The van der Waals surface area contributed by atoms with Crippen LogP contribution in [0.4, 0.5) is 5.69 Å². The molecular weight excluding hydrogens is 306 g/mol. The topological polar surface area (TPSA) is 54.9 Å². The van der Waals surface area contributed by atoms with E-state index in [0.717, 1.165) is 34.1 Å². The lowest BCUT2D eigenvalue weighted by atomic mass is 10.1. The number of carbonyl (C=O) groups is 1. The summed E-state index contributed by atoms with van der Waals surface area (Å²) in [6.45, 7) is 2.07. The van der Waals surface area contributed by atoms with Crippen LogP contribution in [0.15, 0.2) is 54.0 Å². The standard InChI is InChI=1S/C18H17N3OS/c1-2-13-7-3-4-8-15(13)21-17(22)11-14-12-23-18(20-14)16-9-5-6-10-19-16/h3-10,12H,2,11H2,1H3,(H,21,22). The smallest absolute Gasteiger partial charge is 0.230 e. The largest absolute Gasteiger partial charge is 0.325 e. The summed E-state index contributed by atoms with van der Waals surface area (Å²) in [5, 5.41) is 5.72. The van der Waals surface area contributed by atoms with Crippen LogP contribution in [0.5, 0.6) is 0 Å². The maximum Gasteiger partial charge on any atom is 0.230 e. The van der Waals surface area contributed by atoms with Gasteiger partial charge in [-0.2, -0.15) is 0 Å². The minimum absolute atomic E-state index is 0.0521. The number of hydrogen-bond donors (Lipinski definition) is 1. The summed E-state index contributed by atoms with van der Waals surface area (Å²) in [7, 11) is 0. The fourth-order valence-corrected chi connectivity index (χ4v) is 3.10. The summed E-state index contributed by atoms with van der Waals surface area (Å²) >= 11 is 1.50. The van der Waals surface area contributed by atoms with E-state index in [1.807, 2.05) is 47.8 Å². The van der Waals surface area contributed by atoms with Crippen LogP contribution in [0, 0.1) is 0 Å². The van der Waals surface area contributed by atoms with Crippen LogP contribution < -0.4 is 5.32 Å². The maximum absolute atomic E-state index is 12.2. The van der Waals surface area contributed by atoms with Gasteiger partial charge >= 0.3 is 0 Å². The number of aryl methyl sites for hydroxylation is 1. The van der Waals surface area contributed by atoms with Gasteiger partial charge in [0.05, 0.1) is 17.8 Å². The second-order valence-corrected chi connectivity index (χ2v) is 5.95. The molecule has 0 aliphatic carbocycles. The van der Waals surface area contributed by atoms with Crippen LogP contribution in [-0.2, 0) is 17.6 Å². The SMILES string of the molecule is CCc1ccccc1NC(=O)Cc1csc(-c2ccccn2)n1. The summed E-state index contributed by atoms with van der Waals surface area (Å²) in [6.07, 6.45) is 2.89. The summed E-state index contributed by atoms with van der Waals surface area (Å²) in [5.41, 5.74) is 3.61. The molecule has 0 bridgehead atoms. The molecule has 2 aromatic heterocycles. The molecule has 3 aromatic rings. The molecule has 1 amide bonds. The molecule has 3 rings (SSSR count). The number of hydrogen-bond acceptors (Lipinski definition) is 4. The minimum Gasteiger partial charge on any atom is -0.325 e.